The maximum Gasteiger partial charge on any atom is 0.280 e. The van der Waals surface area contributed by atoms with Crippen LogP contribution in [-0.2, 0) is 6.54 Å². The minimum absolute atomic E-state index is 0.229. The zero-order valence-electron chi connectivity index (χ0n) is 16.6. The van der Waals surface area contributed by atoms with E-state index in [0.29, 0.717) is 40.3 Å². The number of nitrogens with one attached hydrogen (secondary N) is 1. The van der Waals surface area contributed by atoms with Crippen LogP contribution >= 0.6 is 0 Å². The second kappa shape index (κ2) is 8.24. The van der Waals surface area contributed by atoms with E-state index in [1.54, 1.807) is 56.7 Å². The van der Waals surface area contributed by atoms with Crippen LogP contribution in [0.1, 0.15) is 5.56 Å². The van der Waals surface area contributed by atoms with Crippen molar-refractivity contribution in [3.63, 3.8) is 0 Å². The molecular weight excluding hydrogens is 385 g/mol. The predicted molar refractivity (Wildman–Crippen MR) is 114 cm³/mol. The van der Waals surface area contributed by atoms with Crippen molar-refractivity contribution in [3.8, 4) is 22.9 Å². The molecule has 1 aromatic heterocycles. The van der Waals surface area contributed by atoms with E-state index in [0.717, 1.165) is 5.56 Å². The number of hydrogen-bond donors (Lipinski definition) is 1. The molecule has 0 atom stereocenters. The SMILES string of the molecule is COc1ccc(-c2nc3ccccc3c(=O)n2NCc2ccc(F)cc2)cc1OC. The van der Waals surface area contributed by atoms with E-state index in [1.807, 2.05) is 12.1 Å². The molecular formula is C23H20FN3O3. The molecule has 4 rings (SSSR count). The average Bonchev–Trinajstić information content (AvgIpc) is 2.79. The highest BCUT2D eigenvalue weighted by atomic mass is 19.1. The van der Waals surface area contributed by atoms with Gasteiger partial charge in [-0.15, -0.1) is 0 Å². The van der Waals surface area contributed by atoms with Crippen molar-refractivity contribution >= 4 is 10.9 Å². The van der Waals surface area contributed by atoms with Crippen LogP contribution in [0.4, 0.5) is 4.39 Å². The number of rotatable bonds is 6. The Labute approximate surface area is 172 Å². The van der Waals surface area contributed by atoms with Gasteiger partial charge in [0.15, 0.2) is 17.3 Å². The van der Waals surface area contributed by atoms with E-state index < -0.39 is 0 Å². The number of benzene rings is 3. The molecule has 0 spiro atoms. The number of aromatic nitrogens is 2. The van der Waals surface area contributed by atoms with Crippen LogP contribution in [0.25, 0.3) is 22.3 Å². The molecule has 0 aliphatic rings. The van der Waals surface area contributed by atoms with Gasteiger partial charge in [-0.3, -0.25) is 4.79 Å². The summed E-state index contributed by atoms with van der Waals surface area (Å²) in [6, 6.07) is 18.6. The first-order valence-corrected chi connectivity index (χ1v) is 9.33. The highest BCUT2D eigenvalue weighted by molar-refractivity contribution is 5.80. The molecule has 7 heteroatoms. The molecule has 0 saturated heterocycles. The molecule has 1 N–H and O–H groups in total. The summed E-state index contributed by atoms with van der Waals surface area (Å²) in [5.41, 5.74) is 4.99. The van der Waals surface area contributed by atoms with E-state index in [4.69, 9.17) is 14.5 Å². The molecule has 0 amide bonds. The van der Waals surface area contributed by atoms with E-state index >= 15 is 0 Å². The Bertz CT molecular complexity index is 1250. The third kappa shape index (κ3) is 3.69. The number of halogens is 1. The maximum absolute atomic E-state index is 13.2. The average molecular weight is 405 g/mol. The number of fused-ring (bicyclic) bond motifs is 1. The third-order valence-electron chi connectivity index (χ3n) is 4.77. The van der Waals surface area contributed by atoms with Gasteiger partial charge in [0.25, 0.3) is 5.56 Å². The zero-order valence-corrected chi connectivity index (χ0v) is 16.6. The van der Waals surface area contributed by atoms with E-state index in [-0.39, 0.29) is 11.4 Å². The number of nitrogens with zero attached hydrogens (tertiary/aromatic N) is 2. The second-order valence-corrected chi connectivity index (χ2v) is 6.62. The molecule has 4 aromatic rings. The van der Waals surface area contributed by atoms with Gasteiger partial charge in [0.1, 0.15) is 5.82 Å². The van der Waals surface area contributed by atoms with Crippen molar-refractivity contribution in [2.24, 2.45) is 0 Å². The summed E-state index contributed by atoms with van der Waals surface area (Å²) < 4.78 is 25.3. The molecule has 152 valence electrons. The van der Waals surface area contributed by atoms with Crippen LogP contribution in [0.5, 0.6) is 11.5 Å². The van der Waals surface area contributed by atoms with Gasteiger partial charge in [0.2, 0.25) is 0 Å². The predicted octanol–water partition coefficient (Wildman–Crippen LogP) is 3.96. The molecule has 6 nitrogen and oxygen atoms in total. The Morgan fingerprint density at radius 2 is 1.70 bits per heavy atom. The highest BCUT2D eigenvalue weighted by Gasteiger charge is 2.15. The number of ether oxygens (including phenoxy) is 2. The highest BCUT2D eigenvalue weighted by Crippen LogP contribution is 2.31. The summed E-state index contributed by atoms with van der Waals surface area (Å²) in [7, 11) is 3.11. The van der Waals surface area contributed by atoms with Crippen LogP contribution in [-0.4, -0.2) is 23.9 Å². The minimum atomic E-state index is -0.311. The van der Waals surface area contributed by atoms with Crippen LogP contribution < -0.4 is 20.5 Å². The topological polar surface area (TPSA) is 65.4 Å². The van der Waals surface area contributed by atoms with Crippen molar-refractivity contribution in [3.05, 3.63) is 88.5 Å². The van der Waals surface area contributed by atoms with Gasteiger partial charge in [-0.2, -0.15) is 0 Å². The zero-order chi connectivity index (χ0) is 21.1. The van der Waals surface area contributed by atoms with Gasteiger partial charge < -0.3 is 14.9 Å². The van der Waals surface area contributed by atoms with E-state index in [9.17, 15) is 9.18 Å². The first-order valence-electron chi connectivity index (χ1n) is 9.33. The Balaban J connectivity index is 1.84. The minimum Gasteiger partial charge on any atom is -0.493 e. The number of para-hydroxylation sites is 1. The Hall–Kier alpha value is -3.87. The number of hydrogen-bond acceptors (Lipinski definition) is 5. The molecule has 0 radical (unpaired) electrons. The second-order valence-electron chi connectivity index (χ2n) is 6.62. The first-order chi connectivity index (χ1) is 14.6. The van der Waals surface area contributed by atoms with Gasteiger partial charge in [-0.05, 0) is 48.0 Å². The van der Waals surface area contributed by atoms with Crippen LogP contribution in [0.15, 0.2) is 71.5 Å². The first kappa shape index (κ1) is 19.4. The third-order valence-corrected chi connectivity index (χ3v) is 4.77. The van der Waals surface area contributed by atoms with E-state index in [2.05, 4.69) is 5.43 Å². The lowest BCUT2D eigenvalue weighted by atomic mass is 10.1. The van der Waals surface area contributed by atoms with Crippen molar-refractivity contribution in [2.45, 2.75) is 6.54 Å². The quantitative estimate of drug-likeness (QED) is 0.526. The molecule has 0 aliphatic carbocycles. The van der Waals surface area contributed by atoms with Gasteiger partial charge in [0, 0.05) is 5.56 Å². The van der Waals surface area contributed by atoms with Crippen LogP contribution in [0.3, 0.4) is 0 Å². The van der Waals surface area contributed by atoms with Gasteiger partial charge in [0.05, 0.1) is 31.7 Å². The summed E-state index contributed by atoms with van der Waals surface area (Å²) in [6.07, 6.45) is 0. The lowest BCUT2D eigenvalue weighted by Crippen LogP contribution is -2.31. The monoisotopic (exact) mass is 405 g/mol. The molecule has 0 bridgehead atoms. The fourth-order valence-electron chi connectivity index (χ4n) is 3.22. The van der Waals surface area contributed by atoms with Crippen molar-refractivity contribution in [1.29, 1.82) is 0 Å². The van der Waals surface area contributed by atoms with E-state index in [1.165, 1.54) is 16.8 Å². The Kier molecular flexibility index (Phi) is 5.34. The lowest BCUT2D eigenvalue weighted by molar-refractivity contribution is 0.355. The summed E-state index contributed by atoms with van der Waals surface area (Å²) >= 11 is 0. The smallest absolute Gasteiger partial charge is 0.280 e. The Morgan fingerprint density at radius 3 is 2.43 bits per heavy atom. The normalized spacial score (nSPS) is 10.8. The molecule has 0 unspecified atom stereocenters. The standard InChI is InChI=1S/C23H20FN3O3/c1-29-20-12-9-16(13-21(20)30-2)22-26-19-6-4-3-5-18(19)23(28)27(22)25-14-15-7-10-17(24)11-8-15/h3-13,25H,14H2,1-2H3. The molecule has 0 aliphatic heterocycles. The fourth-order valence-corrected chi connectivity index (χ4v) is 3.22. The molecule has 30 heavy (non-hydrogen) atoms. The van der Waals surface area contributed by atoms with Crippen molar-refractivity contribution in [1.82, 2.24) is 9.66 Å². The van der Waals surface area contributed by atoms with Gasteiger partial charge in [-0.1, -0.05) is 24.3 Å². The van der Waals surface area contributed by atoms with Crippen molar-refractivity contribution < 1.29 is 13.9 Å². The van der Waals surface area contributed by atoms with Crippen molar-refractivity contribution in [2.75, 3.05) is 19.6 Å². The largest absolute Gasteiger partial charge is 0.493 e. The Morgan fingerprint density at radius 1 is 0.967 bits per heavy atom. The molecule has 1 heterocycles. The molecule has 0 fully saturated rings. The van der Waals surface area contributed by atoms with Crippen LogP contribution in [0.2, 0.25) is 0 Å². The molecule has 0 saturated carbocycles. The number of methoxy groups -OCH3 is 2. The van der Waals surface area contributed by atoms with Gasteiger partial charge in [-0.25, -0.2) is 14.1 Å². The van der Waals surface area contributed by atoms with Crippen LogP contribution in [0, 0.1) is 5.82 Å². The molecule has 3 aromatic carbocycles. The summed E-state index contributed by atoms with van der Waals surface area (Å²) in [6.45, 7) is 0.320. The summed E-state index contributed by atoms with van der Waals surface area (Å²) in [5, 5.41) is 0.494. The van der Waals surface area contributed by atoms with Gasteiger partial charge >= 0.3 is 0 Å². The lowest BCUT2D eigenvalue weighted by Gasteiger charge is -2.17. The fraction of sp³-hybridized carbons (Fsp3) is 0.130. The summed E-state index contributed by atoms with van der Waals surface area (Å²) in [4.78, 5) is 17.9. The maximum atomic E-state index is 13.2. The summed E-state index contributed by atoms with van der Waals surface area (Å²) in [5.74, 6) is 1.23.